The van der Waals surface area contributed by atoms with E-state index in [2.05, 4.69) is 43.7 Å². The maximum absolute atomic E-state index is 12.4. The van der Waals surface area contributed by atoms with Crippen molar-refractivity contribution in [3.05, 3.63) is 59.8 Å². The molecule has 0 aliphatic carbocycles. The van der Waals surface area contributed by atoms with E-state index in [0.717, 1.165) is 50.9 Å². The van der Waals surface area contributed by atoms with Gasteiger partial charge in [0.1, 0.15) is 5.82 Å². The molecule has 2 aliphatic heterocycles. The van der Waals surface area contributed by atoms with Crippen LogP contribution in [0.5, 0.6) is 0 Å². The highest BCUT2D eigenvalue weighted by Gasteiger charge is 2.29. The number of benzene rings is 1. The second-order valence-corrected chi connectivity index (χ2v) is 8.67. The summed E-state index contributed by atoms with van der Waals surface area (Å²) in [4.78, 5) is 25.6. The Morgan fingerprint density at radius 2 is 1.94 bits per heavy atom. The highest BCUT2D eigenvalue weighted by atomic mass is 16.2. The lowest BCUT2D eigenvalue weighted by molar-refractivity contribution is -0.127. The molecular formula is C25H34N6O. The molecule has 7 nitrogen and oxygen atoms in total. The first kappa shape index (κ1) is 22.1. The lowest BCUT2D eigenvalue weighted by Gasteiger charge is -2.19. The molecule has 4 rings (SSSR count). The zero-order chi connectivity index (χ0) is 22.2. The first-order valence-corrected chi connectivity index (χ1v) is 11.7. The van der Waals surface area contributed by atoms with E-state index in [4.69, 9.17) is 0 Å². The molecule has 32 heavy (non-hydrogen) atoms. The first-order chi connectivity index (χ1) is 15.7. The minimum absolute atomic E-state index is 0.252. The number of nitrogens with one attached hydrogen (secondary N) is 2. The van der Waals surface area contributed by atoms with Crippen LogP contribution in [0.4, 0.5) is 5.82 Å². The number of rotatable bonds is 8. The zero-order valence-electron chi connectivity index (χ0n) is 19.0. The number of carbonyl (C=O) groups excluding carboxylic acids is 1. The summed E-state index contributed by atoms with van der Waals surface area (Å²) in [5, 5.41) is 6.79. The summed E-state index contributed by atoms with van der Waals surface area (Å²) in [5.74, 6) is 2.38. The van der Waals surface area contributed by atoms with E-state index >= 15 is 0 Å². The van der Waals surface area contributed by atoms with Gasteiger partial charge in [0.15, 0.2) is 5.96 Å². The summed E-state index contributed by atoms with van der Waals surface area (Å²) in [6, 6.07) is 14.6. The molecule has 1 aromatic heterocycles. The van der Waals surface area contributed by atoms with Gasteiger partial charge >= 0.3 is 0 Å². The fourth-order valence-electron chi connectivity index (χ4n) is 4.45. The summed E-state index contributed by atoms with van der Waals surface area (Å²) in [7, 11) is 1.78. The first-order valence-electron chi connectivity index (χ1n) is 11.7. The lowest BCUT2D eigenvalue weighted by Crippen LogP contribution is -2.40. The van der Waals surface area contributed by atoms with E-state index in [1.54, 1.807) is 7.05 Å². The van der Waals surface area contributed by atoms with Crippen LogP contribution in [0.1, 0.15) is 30.4 Å². The maximum Gasteiger partial charge on any atom is 0.223 e. The average molecular weight is 435 g/mol. The number of hydrogen-bond donors (Lipinski definition) is 2. The van der Waals surface area contributed by atoms with Crippen LogP contribution in [0.15, 0.2) is 53.7 Å². The fraction of sp³-hybridized carbons (Fsp3) is 0.480. The van der Waals surface area contributed by atoms with Gasteiger partial charge in [0.2, 0.25) is 5.91 Å². The van der Waals surface area contributed by atoms with Gasteiger partial charge in [0.05, 0.1) is 0 Å². The minimum Gasteiger partial charge on any atom is -0.357 e. The summed E-state index contributed by atoms with van der Waals surface area (Å²) in [6.45, 7) is 5.20. The van der Waals surface area contributed by atoms with Gasteiger partial charge in [-0.25, -0.2) is 4.98 Å². The van der Waals surface area contributed by atoms with Crippen molar-refractivity contribution in [3.63, 3.8) is 0 Å². The van der Waals surface area contributed by atoms with Gasteiger partial charge in [-0.15, -0.1) is 0 Å². The smallest absolute Gasteiger partial charge is 0.223 e. The third-order valence-corrected chi connectivity index (χ3v) is 6.29. The molecule has 3 heterocycles. The molecule has 2 N–H and O–H groups in total. The molecule has 1 aromatic carbocycles. The van der Waals surface area contributed by atoms with Gasteiger partial charge in [0.25, 0.3) is 0 Å². The van der Waals surface area contributed by atoms with E-state index < -0.39 is 0 Å². The predicted octanol–water partition coefficient (Wildman–Crippen LogP) is 2.44. The number of aromatic nitrogens is 1. The topological polar surface area (TPSA) is 72.9 Å². The van der Waals surface area contributed by atoms with Crippen molar-refractivity contribution in [2.24, 2.45) is 10.9 Å². The van der Waals surface area contributed by atoms with Crippen molar-refractivity contribution in [1.29, 1.82) is 0 Å². The van der Waals surface area contributed by atoms with Gasteiger partial charge in [-0.05, 0) is 42.5 Å². The highest BCUT2D eigenvalue weighted by molar-refractivity contribution is 5.80. The molecular weight excluding hydrogens is 400 g/mol. The van der Waals surface area contributed by atoms with Crippen LogP contribution >= 0.6 is 0 Å². The number of likely N-dealkylation sites (tertiary alicyclic amines) is 1. The maximum atomic E-state index is 12.4. The van der Waals surface area contributed by atoms with Crippen LogP contribution in [0.2, 0.25) is 0 Å². The number of guanidine groups is 1. The van der Waals surface area contributed by atoms with Crippen molar-refractivity contribution in [2.45, 2.75) is 32.2 Å². The molecule has 170 valence electrons. The summed E-state index contributed by atoms with van der Waals surface area (Å²) in [6.07, 6.45) is 5.88. The van der Waals surface area contributed by atoms with Crippen LogP contribution in [-0.4, -0.2) is 61.5 Å². The Morgan fingerprint density at radius 1 is 1.12 bits per heavy atom. The monoisotopic (exact) mass is 434 g/mol. The molecule has 0 spiro atoms. The molecule has 2 fully saturated rings. The number of amides is 1. The molecule has 2 aliphatic rings. The number of anilines is 1. The van der Waals surface area contributed by atoms with Crippen LogP contribution < -0.4 is 15.5 Å². The predicted molar refractivity (Wildman–Crippen MR) is 129 cm³/mol. The van der Waals surface area contributed by atoms with E-state index in [9.17, 15) is 4.79 Å². The third kappa shape index (κ3) is 5.99. The normalized spacial score (nSPS) is 19.0. The lowest BCUT2D eigenvalue weighted by atomic mass is 10.1. The number of pyridine rings is 1. The Kier molecular flexibility index (Phi) is 7.59. The Morgan fingerprint density at radius 3 is 2.72 bits per heavy atom. The molecule has 7 heteroatoms. The van der Waals surface area contributed by atoms with Crippen molar-refractivity contribution in [3.8, 4) is 0 Å². The Bertz CT molecular complexity index is 910. The zero-order valence-corrected chi connectivity index (χ0v) is 19.0. The van der Waals surface area contributed by atoms with Gasteiger partial charge in [-0.2, -0.15) is 0 Å². The number of nitrogens with zero attached hydrogens (tertiary/aromatic N) is 4. The molecule has 1 atom stereocenters. The van der Waals surface area contributed by atoms with Crippen LogP contribution in [0, 0.1) is 5.92 Å². The van der Waals surface area contributed by atoms with Crippen LogP contribution in [-0.2, 0) is 17.8 Å². The Hall–Kier alpha value is -3.09. The summed E-state index contributed by atoms with van der Waals surface area (Å²) in [5.41, 5.74) is 2.46. The van der Waals surface area contributed by atoms with Gasteiger partial charge in [0, 0.05) is 64.9 Å². The van der Waals surface area contributed by atoms with Crippen molar-refractivity contribution in [2.75, 3.05) is 44.7 Å². The van der Waals surface area contributed by atoms with Gasteiger partial charge in [-0.3, -0.25) is 9.79 Å². The fourth-order valence-corrected chi connectivity index (χ4v) is 4.45. The third-order valence-electron chi connectivity index (χ3n) is 6.29. The van der Waals surface area contributed by atoms with E-state index in [1.807, 2.05) is 35.4 Å². The summed E-state index contributed by atoms with van der Waals surface area (Å²) >= 11 is 0. The quantitative estimate of drug-likeness (QED) is 0.493. The number of aliphatic imine (C=N–C) groups is 1. The highest BCUT2D eigenvalue weighted by Crippen LogP contribution is 2.19. The van der Waals surface area contributed by atoms with E-state index in [0.29, 0.717) is 18.9 Å². The molecule has 0 radical (unpaired) electrons. The van der Waals surface area contributed by atoms with Crippen molar-refractivity contribution in [1.82, 2.24) is 20.5 Å². The Balaban J connectivity index is 1.21. The van der Waals surface area contributed by atoms with Crippen LogP contribution in [0.25, 0.3) is 0 Å². The molecule has 1 amide bonds. The molecule has 0 saturated carbocycles. The summed E-state index contributed by atoms with van der Waals surface area (Å²) < 4.78 is 0. The minimum atomic E-state index is 0.252. The molecule has 2 saturated heterocycles. The van der Waals surface area contributed by atoms with Gasteiger partial charge in [-0.1, -0.05) is 30.3 Å². The molecule has 2 aromatic rings. The Labute approximate surface area is 190 Å². The van der Waals surface area contributed by atoms with E-state index in [1.165, 1.54) is 24.0 Å². The van der Waals surface area contributed by atoms with Crippen LogP contribution in [0.3, 0.4) is 0 Å². The van der Waals surface area contributed by atoms with Gasteiger partial charge < -0.3 is 20.4 Å². The molecule has 1 unspecified atom stereocenters. The second kappa shape index (κ2) is 11.0. The second-order valence-electron chi connectivity index (χ2n) is 8.67. The van der Waals surface area contributed by atoms with Crippen molar-refractivity contribution >= 4 is 17.7 Å². The largest absolute Gasteiger partial charge is 0.357 e. The SMILES string of the molecule is CN=C(NCc1ccnc(N2CCCC2)c1)NCC1CC(=O)N(CCc2ccccc2)C1. The number of carbonyl (C=O) groups is 1. The standard InChI is InChI=1S/C25H34N6O/c1-26-25(28-17-21-9-11-27-23(15-21)30-12-5-6-13-30)29-18-22-16-24(32)31(19-22)14-10-20-7-3-2-4-8-20/h2-4,7-9,11,15,22H,5-6,10,12-14,16-19H2,1H3,(H2,26,28,29). The van der Waals surface area contributed by atoms with Crippen molar-refractivity contribution < 1.29 is 4.79 Å². The average Bonchev–Trinajstić information content (AvgIpc) is 3.49. The number of hydrogen-bond acceptors (Lipinski definition) is 4. The molecule has 0 bridgehead atoms. The van der Waals surface area contributed by atoms with E-state index in [-0.39, 0.29) is 5.91 Å².